The van der Waals surface area contributed by atoms with Crippen LogP contribution in [0.5, 0.6) is 0 Å². The molecule has 5 radical (unpaired) electrons. The predicted octanol–water partition coefficient (Wildman–Crippen LogP) is 5.02. The Kier molecular flexibility index (Phi) is 5.45. The van der Waals surface area contributed by atoms with E-state index in [-0.39, 0.29) is 6.04 Å². The first-order chi connectivity index (χ1) is 14.4. The van der Waals surface area contributed by atoms with Crippen molar-refractivity contribution in [3.63, 3.8) is 0 Å². The highest BCUT2D eigenvalue weighted by Gasteiger charge is 2.42. The number of ether oxygens (including phenoxy) is 1. The second kappa shape index (κ2) is 8.51. The first kappa shape index (κ1) is 18.6. The van der Waals surface area contributed by atoms with Gasteiger partial charge in [-0.1, -0.05) is 91.0 Å². The summed E-state index contributed by atoms with van der Waals surface area (Å²) in [5, 5.41) is 2.67. The number of nitrogens with zero attached hydrogens (tertiary/aromatic N) is 1. The van der Waals surface area contributed by atoms with E-state index in [2.05, 4.69) is 104 Å². The average molecular weight is 394 g/mol. The molecule has 0 saturated heterocycles. The van der Waals surface area contributed by atoms with Crippen LogP contribution in [-0.2, 0) is 4.74 Å². The van der Waals surface area contributed by atoms with Gasteiger partial charge >= 0.3 is 0 Å². The molecule has 2 nitrogen and oxygen atoms in total. The van der Waals surface area contributed by atoms with Gasteiger partial charge in [0.05, 0.1) is 5.92 Å². The minimum absolute atomic E-state index is 0.0635. The molecule has 3 aromatic carbocycles. The van der Waals surface area contributed by atoms with Gasteiger partial charge in [-0.25, -0.2) is 4.99 Å². The summed E-state index contributed by atoms with van der Waals surface area (Å²) in [6.45, 7) is 0.596. The van der Waals surface area contributed by atoms with E-state index in [9.17, 15) is 0 Å². The molecule has 1 aliphatic heterocycles. The maximum Gasteiger partial charge on any atom is 0.192 e. The third kappa shape index (κ3) is 3.87. The van der Waals surface area contributed by atoms with E-state index >= 15 is 0 Å². The van der Waals surface area contributed by atoms with E-state index in [0.717, 1.165) is 11.8 Å². The van der Waals surface area contributed by atoms with Crippen molar-refractivity contribution in [2.45, 2.75) is 6.04 Å². The second-order valence-electron chi connectivity index (χ2n) is 7.00. The van der Waals surface area contributed by atoms with Crippen LogP contribution in [0, 0.1) is 30.8 Å². The maximum atomic E-state index is 6.09. The van der Waals surface area contributed by atoms with Crippen molar-refractivity contribution in [1.82, 2.24) is 0 Å². The zero-order valence-electron chi connectivity index (χ0n) is 16.0. The lowest BCUT2D eigenvalue weighted by Gasteiger charge is -2.28. The molecule has 1 aliphatic carbocycles. The van der Waals surface area contributed by atoms with Gasteiger partial charge in [-0.3, -0.25) is 0 Å². The van der Waals surface area contributed by atoms with E-state index in [1.54, 1.807) is 0 Å². The Morgan fingerprint density at radius 3 is 1.93 bits per heavy atom. The van der Waals surface area contributed by atoms with Gasteiger partial charge in [-0.2, -0.15) is 0 Å². The summed E-state index contributed by atoms with van der Waals surface area (Å²) >= 11 is 0. The van der Waals surface area contributed by atoms with E-state index in [0.29, 0.717) is 6.61 Å². The zero-order chi connectivity index (χ0) is 19.5. The normalized spacial score (nSPS) is 20.0. The lowest BCUT2D eigenvalue weighted by Crippen LogP contribution is -2.23. The van der Waals surface area contributed by atoms with E-state index in [1.807, 2.05) is 6.07 Å². The fourth-order valence-corrected chi connectivity index (χ4v) is 6.18. The largest absolute Gasteiger partial charge is 0.478 e. The van der Waals surface area contributed by atoms with E-state index < -0.39 is 7.92 Å². The standard InChI is InChI=1S/C26H21NOP/c1-4-11-20(12-5-1)24-19-28-26(27-24)23-17-10-18-25(23)29(21-13-6-2-7-14-21)22-15-8-3-9-16-22/h1-18,24H,19H2/t24-/m1/s1. The predicted molar refractivity (Wildman–Crippen MR) is 121 cm³/mol. The van der Waals surface area contributed by atoms with Crippen molar-refractivity contribution in [3.8, 4) is 0 Å². The molecule has 1 fully saturated rings. The minimum atomic E-state index is -0.675. The first-order valence-corrected chi connectivity index (χ1v) is 11.2. The van der Waals surface area contributed by atoms with Gasteiger partial charge in [-0.05, 0) is 43.4 Å². The molecule has 1 saturated carbocycles. The van der Waals surface area contributed by atoms with Gasteiger partial charge in [0.25, 0.3) is 0 Å². The number of hydrogen-bond donors (Lipinski definition) is 0. The third-order valence-electron chi connectivity index (χ3n) is 5.13. The Morgan fingerprint density at radius 2 is 1.31 bits per heavy atom. The topological polar surface area (TPSA) is 21.6 Å². The van der Waals surface area contributed by atoms with Crippen LogP contribution in [0.25, 0.3) is 0 Å². The molecule has 3 aromatic rings. The molecular weight excluding hydrogens is 373 g/mol. The highest BCUT2D eigenvalue weighted by Crippen LogP contribution is 2.56. The molecule has 1 atom stereocenters. The molecule has 0 spiro atoms. The molecule has 2 aliphatic rings. The van der Waals surface area contributed by atoms with Crippen molar-refractivity contribution < 1.29 is 4.74 Å². The van der Waals surface area contributed by atoms with Crippen LogP contribution >= 0.6 is 7.92 Å². The van der Waals surface area contributed by atoms with Gasteiger partial charge in [0, 0.05) is 5.66 Å². The molecule has 1 heterocycles. The molecule has 0 N–H and O–H groups in total. The van der Waals surface area contributed by atoms with Crippen LogP contribution in [0.1, 0.15) is 11.6 Å². The molecule has 3 heteroatoms. The Bertz CT molecular complexity index is 918. The zero-order valence-corrected chi connectivity index (χ0v) is 16.9. The van der Waals surface area contributed by atoms with Crippen molar-refractivity contribution >= 4 is 24.4 Å². The summed E-state index contributed by atoms with van der Waals surface area (Å²) in [4.78, 5) is 4.94. The fraction of sp³-hybridized carbons (Fsp3) is 0.0769. The number of aliphatic imine (C=N–C) groups is 1. The Balaban J connectivity index is 1.47. The number of rotatable bonds is 5. The van der Waals surface area contributed by atoms with Crippen LogP contribution < -0.4 is 10.6 Å². The van der Waals surface area contributed by atoms with Gasteiger partial charge < -0.3 is 4.74 Å². The van der Waals surface area contributed by atoms with Gasteiger partial charge in [-0.15, -0.1) is 0 Å². The molecule has 141 valence electrons. The lowest BCUT2D eigenvalue weighted by atomic mass is 10.1. The number of hydrogen-bond acceptors (Lipinski definition) is 2. The van der Waals surface area contributed by atoms with Crippen molar-refractivity contribution in [3.05, 3.63) is 127 Å². The molecule has 0 unspecified atom stereocenters. The van der Waals surface area contributed by atoms with Gasteiger partial charge in [0.2, 0.25) is 0 Å². The second-order valence-corrected chi connectivity index (χ2v) is 9.19. The smallest absolute Gasteiger partial charge is 0.192 e. The summed E-state index contributed by atoms with van der Waals surface area (Å²) in [6.07, 6.45) is 6.49. The van der Waals surface area contributed by atoms with Gasteiger partial charge in [0.15, 0.2) is 5.90 Å². The summed E-state index contributed by atoms with van der Waals surface area (Å²) in [5.41, 5.74) is 2.49. The summed E-state index contributed by atoms with van der Waals surface area (Å²) in [5.74, 6) is 1.88. The van der Waals surface area contributed by atoms with Crippen molar-refractivity contribution in [1.29, 1.82) is 0 Å². The summed E-state index contributed by atoms with van der Waals surface area (Å²) in [6, 6.07) is 31.9. The van der Waals surface area contributed by atoms with Crippen molar-refractivity contribution in [2.75, 3.05) is 6.61 Å². The highest BCUT2D eigenvalue weighted by atomic mass is 31.1. The Morgan fingerprint density at radius 1 is 0.724 bits per heavy atom. The van der Waals surface area contributed by atoms with Crippen LogP contribution in [-0.4, -0.2) is 12.5 Å². The van der Waals surface area contributed by atoms with Crippen LogP contribution in [0.4, 0.5) is 0 Å². The minimum Gasteiger partial charge on any atom is -0.478 e. The molecule has 5 rings (SSSR count). The molecule has 0 amide bonds. The third-order valence-corrected chi connectivity index (χ3v) is 7.63. The van der Waals surface area contributed by atoms with Gasteiger partial charge in [0.1, 0.15) is 12.6 Å². The quantitative estimate of drug-likeness (QED) is 0.557. The van der Waals surface area contributed by atoms with Crippen LogP contribution in [0.3, 0.4) is 0 Å². The molecule has 0 bridgehead atoms. The maximum absolute atomic E-state index is 6.09. The van der Waals surface area contributed by atoms with Crippen LogP contribution in [0.2, 0.25) is 0 Å². The SMILES string of the molecule is [CH]1[CH][C](C2=N[C@@H](c3ccccc3)CO2)[C](P(c2ccccc2)c2ccccc2)[CH]1. The Hall–Kier alpha value is -2.44. The molecular formula is C26H21NOP. The first-order valence-electron chi connectivity index (χ1n) is 9.82. The van der Waals surface area contributed by atoms with Crippen molar-refractivity contribution in [2.24, 2.45) is 4.99 Å². The summed E-state index contributed by atoms with van der Waals surface area (Å²) in [7, 11) is -0.675. The fourth-order valence-electron chi connectivity index (χ4n) is 3.74. The van der Waals surface area contributed by atoms with E-state index in [1.165, 1.54) is 21.8 Å². The number of benzene rings is 3. The molecule has 29 heavy (non-hydrogen) atoms. The lowest BCUT2D eigenvalue weighted by molar-refractivity contribution is 0.316. The van der Waals surface area contributed by atoms with Crippen LogP contribution in [0.15, 0.2) is 96.0 Å². The highest BCUT2D eigenvalue weighted by molar-refractivity contribution is 7.76. The Labute approximate surface area is 174 Å². The average Bonchev–Trinajstić information content (AvgIpc) is 3.46. The van der Waals surface area contributed by atoms with E-state index in [4.69, 9.17) is 9.73 Å². The summed E-state index contributed by atoms with van der Waals surface area (Å²) < 4.78 is 6.09. The monoisotopic (exact) mass is 394 g/mol. The molecule has 0 aromatic heterocycles.